The third kappa shape index (κ3) is 3.19. The van der Waals surface area contributed by atoms with Gasteiger partial charge >= 0.3 is 0 Å². The van der Waals surface area contributed by atoms with E-state index in [0.717, 1.165) is 10.4 Å². The zero-order valence-corrected chi connectivity index (χ0v) is 13.2. The van der Waals surface area contributed by atoms with Crippen molar-refractivity contribution in [2.75, 3.05) is 11.9 Å². The fourth-order valence-corrected chi connectivity index (χ4v) is 3.23. The maximum Gasteiger partial charge on any atom is 0.268 e. The number of amides is 1. The van der Waals surface area contributed by atoms with Gasteiger partial charge in [0.25, 0.3) is 5.91 Å². The van der Waals surface area contributed by atoms with E-state index in [2.05, 4.69) is 0 Å². The minimum Gasteiger partial charge on any atom is -0.508 e. The highest BCUT2D eigenvalue weighted by molar-refractivity contribution is 7.17. The van der Waals surface area contributed by atoms with Gasteiger partial charge in [0.05, 0.1) is 4.88 Å². The lowest BCUT2D eigenvalue weighted by atomic mass is 10.2. The number of aromatic hydroxyl groups is 2. The van der Waals surface area contributed by atoms with Crippen LogP contribution in [0, 0.1) is 0 Å². The Balaban J connectivity index is 1.86. The number of carbonyl (C=O) groups is 1. The molecule has 5 heteroatoms. The molecule has 23 heavy (non-hydrogen) atoms. The summed E-state index contributed by atoms with van der Waals surface area (Å²) in [6.45, 7) is 0. The molecule has 0 saturated carbocycles. The molecule has 0 saturated heterocycles. The molecule has 0 unspecified atom stereocenters. The van der Waals surface area contributed by atoms with E-state index in [4.69, 9.17) is 0 Å². The minimum absolute atomic E-state index is 0.119. The highest BCUT2D eigenvalue weighted by Crippen LogP contribution is 2.31. The molecule has 4 nitrogen and oxygen atoms in total. The molecule has 2 aromatic carbocycles. The topological polar surface area (TPSA) is 60.8 Å². The van der Waals surface area contributed by atoms with Crippen molar-refractivity contribution in [2.45, 2.75) is 0 Å². The Bertz CT molecular complexity index is 857. The number of thiophene rings is 1. The first kappa shape index (κ1) is 15.1. The van der Waals surface area contributed by atoms with E-state index < -0.39 is 0 Å². The lowest BCUT2D eigenvalue weighted by Crippen LogP contribution is -2.25. The Kier molecular flexibility index (Phi) is 4.04. The standard InChI is InChI=1S/C18H15NO3S/c1-19(13-5-3-7-15(21)11-13)18(22)17-9-8-16(23-17)12-4-2-6-14(20)10-12/h2-11,20-21H,1H3. The normalized spacial score (nSPS) is 10.5. The molecule has 0 spiro atoms. The molecule has 0 bridgehead atoms. The Morgan fingerprint density at radius 1 is 0.957 bits per heavy atom. The molecule has 0 aliphatic carbocycles. The second kappa shape index (κ2) is 6.14. The van der Waals surface area contributed by atoms with Gasteiger partial charge in [-0.2, -0.15) is 0 Å². The predicted molar refractivity (Wildman–Crippen MR) is 92.3 cm³/mol. The number of hydrogen-bond acceptors (Lipinski definition) is 4. The molecule has 0 aliphatic heterocycles. The largest absolute Gasteiger partial charge is 0.508 e. The zero-order valence-electron chi connectivity index (χ0n) is 12.4. The predicted octanol–water partition coefficient (Wildman–Crippen LogP) is 4.10. The van der Waals surface area contributed by atoms with Gasteiger partial charge in [0.15, 0.2) is 0 Å². The molecule has 3 aromatic rings. The van der Waals surface area contributed by atoms with E-state index in [1.165, 1.54) is 16.2 Å². The number of hydrogen-bond donors (Lipinski definition) is 2. The number of anilines is 1. The van der Waals surface area contributed by atoms with Crippen LogP contribution >= 0.6 is 11.3 Å². The molecule has 0 aliphatic rings. The first-order valence-electron chi connectivity index (χ1n) is 7.01. The van der Waals surface area contributed by atoms with Crippen LogP contribution in [-0.2, 0) is 0 Å². The van der Waals surface area contributed by atoms with Gasteiger partial charge in [-0.25, -0.2) is 0 Å². The lowest BCUT2D eigenvalue weighted by molar-refractivity contribution is 0.0997. The Hall–Kier alpha value is -2.79. The summed E-state index contributed by atoms with van der Waals surface area (Å²) < 4.78 is 0. The summed E-state index contributed by atoms with van der Waals surface area (Å²) in [5, 5.41) is 19.1. The van der Waals surface area contributed by atoms with Crippen LogP contribution in [0.2, 0.25) is 0 Å². The van der Waals surface area contributed by atoms with Crippen LogP contribution in [0.5, 0.6) is 11.5 Å². The summed E-state index contributed by atoms with van der Waals surface area (Å²) in [5.41, 5.74) is 1.50. The van der Waals surface area contributed by atoms with Crippen LogP contribution in [0.25, 0.3) is 10.4 Å². The van der Waals surface area contributed by atoms with Crippen LogP contribution in [-0.4, -0.2) is 23.2 Å². The van der Waals surface area contributed by atoms with Crippen LogP contribution in [0.4, 0.5) is 5.69 Å². The average molecular weight is 325 g/mol. The summed E-state index contributed by atoms with van der Waals surface area (Å²) >= 11 is 1.37. The van der Waals surface area contributed by atoms with E-state index in [1.54, 1.807) is 55.6 Å². The van der Waals surface area contributed by atoms with E-state index in [9.17, 15) is 15.0 Å². The van der Waals surface area contributed by atoms with Gasteiger partial charge < -0.3 is 15.1 Å². The third-order valence-electron chi connectivity index (χ3n) is 3.47. The quantitative estimate of drug-likeness (QED) is 0.762. The van der Waals surface area contributed by atoms with Crippen LogP contribution in [0.3, 0.4) is 0 Å². The van der Waals surface area contributed by atoms with Crippen molar-refractivity contribution >= 4 is 22.9 Å². The first-order valence-corrected chi connectivity index (χ1v) is 7.82. The molecule has 0 fully saturated rings. The monoisotopic (exact) mass is 325 g/mol. The molecule has 1 heterocycles. The number of phenolic OH excluding ortho intramolecular Hbond substituents is 2. The van der Waals surface area contributed by atoms with Crippen molar-refractivity contribution in [1.82, 2.24) is 0 Å². The number of carbonyl (C=O) groups excluding carboxylic acids is 1. The molecular formula is C18H15NO3S. The minimum atomic E-state index is -0.146. The van der Waals surface area contributed by atoms with E-state index in [-0.39, 0.29) is 17.4 Å². The third-order valence-corrected chi connectivity index (χ3v) is 4.59. The van der Waals surface area contributed by atoms with E-state index in [0.29, 0.717) is 10.6 Å². The van der Waals surface area contributed by atoms with Crippen molar-refractivity contribution in [3.8, 4) is 21.9 Å². The van der Waals surface area contributed by atoms with Crippen molar-refractivity contribution < 1.29 is 15.0 Å². The van der Waals surface area contributed by atoms with Crippen molar-refractivity contribution in [1.29, 1.82) is 0 Å². The molecule has 0 radical (unpaired) electrons. The van der Waals surface area contributed by atoms with Crippen LogP contribution in [0.1, 0.15) is 9.67 Å². The summed E-state index contributed by atoms with van der Waals surface area (Å²) in [5.74, 6) is 0.168. The molecule has 1 amide bonds. The Labute approximate surface area is 137 Å². The fraction of sp³-hybridized carbons (Fsp3) is 0.0556. The van der Waals surface area contributed by atoms with Crippen molar-refractivity contribution in [2.24, 2.45) is 0 Å². The summed E-state index contributed by atoms with van der Waals surface area (Å²) in [7, 11) is 1.67. The second-order valence-electron chi connectivity index (χ2n) is 5.10. The number of benzene rings is 2. The summed E-state index contributed by atoms with van der Waals surface area (Å²) in [6.07, 6.45) is 0. The Morgan fingerprint density at radius 3 is 2.35 bits per heavy atom. The fourth-order valence-electron chi connectivity index (χ4n) is 2.25. The maximum atomic E-state index is 12.6. The molecule has 2 N–H and O–H groups in total. The Morgan fingerprint density at radius 2 is 1.65 bits per heavy atom. The smallest absolute Gasteiger partial charge is 0.268 e. The molecule has 0 atom stereocenters. The van der Waals surface area contributed by atoms with E-state index >= 15 is 0 Å². The van der Waals surface area contributed by atoms with Gasteiger partial charge in [0.2, 0.25) is 0 Å². The molecule has 1 aromatic heterocycles. The SMILES string of the molecule is CN(C(=O)c1ccc(-c2cccc(O)c2)s1)c1cccc(O)c1. The first-order chi connectivity index (χ1) is 11.0. The maximum absolute atomic E-state index is 12.6. The van der Waals surface area contributed by atoms with Crippen LogP contribution in [0.15, 0.2) is 60.7 Å². The average Bonchev–Trinajstić information content (AvgIpc) is 3.03. The second-order valence-corrected chi connectivity index (χ2v) is 6.18. The molecule has 3 rings (SSSR count). The number of phenols is 2. The van der Waals surface area contributed by atoms with Crippen molar-refractivity contribution in [3.63, 3.8) is 0 Å². The zero-order chi connectivity index (χ0) is 16.4. The highest BCUT2D eigenvalue weighted by Gasteiger charge is 2.16. The van der Waals surface area contributed by atoms with Gasteiger partial charge in [-0.15, -0.1) is 11.3 Å². The van der Waals surface area contributed by atoms with Gasteiger partial charge in [-0.3, -0.25) is 4.79 Å². The molecular weight excluding hydrogens is 310 g/mol. The van der Waals surface area contributed by atoms with Gasteiger partial charge in [0, 0.05) is 23.7 Å². The van der Waals surface area contributed by atoms with E-state index in [1.807, 2.05) is 12.1 Å². The van der Waals surface area contributed by atoms with Gasteiger partial charge in [-0.1, -0.05) is 18.2 Å². The highest BCUT2D eigenvalue weighted by atomic mass is 32.1. The van der Waals surface area contributed by atoms with Crippen molar-refractivity contribution in [3.05, 3.63) is 65.5 Å². The number of nitrogens with zero attached hydrogens (tertiary/aromatic N) is 1. The summed E-state index contributed by atoms with van der Waals surface area (Å²) in [4.78, 5) is 15.6. The van der Waals surface area contributed by atoms with Gasteiger partial charge in [-0.05, 0) is 42.0 Å². The van der Waals surface area contributed by atoms with Crippen LogP contribution < -0.4 is 4.90 Å². The van der Waals surface area contributed by atoms with Gasteiger partial charge in [0.1, 0.15) is 11.5 Å². The molecule has 116 valence electrons. The summed E-state index contributed by atoms with van der Waals surface area (Å²) in [6, 6.07) is 17.1. The number of rotatable bonds is 3. The lowest BCUT2D eigenvalue weighted by Gasteiger charge is -2.16.